The molecule has 1 aliphatic rings. The Bertz CT molecular complexity index is 98.6. The van der Waals surface area contributed by atoms with Crippen LogP contribution < -0.4 is 0 Å². The molecule has 0 aromatic carbocycles. The third kappa shape index (κ3) is 2.13. The fourth-order valence-electron chi connectivity index (χ4n) is 0.303. The monoisotopic (exact) mass is 173 g/mol. The third-order valence-electron chi connectivity index (χ3n) is 0.585. The van der Waals surface area contributed by atoms with E-state index in [1.807, 2.05) is 0 Å². The van der Waals surface area contributed by atoms with Gasteiger partial charge in [-0.05, 0) is 0 Å². The van der Waals surface area contributed by atoms with Gasteiger partial charge in [-0.25, -0.2) is 0 Å². The van der Waals surface area contributed by atoms with Gasteiger partial charge in [0.05, 0.1) is 0 Å². The van der Waals surface area contributed by atoms with Gasteiger partial charge in [0.1, 0.15) is 0 Å². The summed E-state index contributed by atoms with van der Waals surface area (Å²) in [6, 6.07) is 0. The Balaban J connectivity index is 2.33. The van der Waals surface area contributed by atoms with Crippen molar-refractivity contribution in [1.29, 1.82) is 0 Å². The number of nitrogens with zero attached hydrogens (tertiary/aromatic N) is 1. The van der Waals surface area contributed by atoms with E-state index in [2.05, 4.69) is 4.99 Å². The van der Waals surface area contributed by atoms with Crippen LogP contribution >= 0.6 is 0 Å². The molecule has 1 rings (SSSR count). The van der Waals surface area contributed by atoms with Gasteiger partial charge in [0.25, 0.3) is 0 Å². The van der Waals surface area contributed by atoms with Crippen LogP contribution in [0, 0.1) is 0 Å². The van der Waals surface area contributed by atoms with Crippen LogP contribution in [0.15, 0.2) is 17.5 Å². The third-order valence-corrected chi connectivity index (χ3v) is 1.67. The first kappa shape index (κ1) is 5.84. The van der Waals surface area contributed by atoms with Gasteiger partial charge in [0.2, 0.25) is 0 Å². The molecule has 0 saturated heterocycles. The van der Waals surface area contributed by atoms with Crippen LogP contribution in [-0.4, -0.2) is 28.9 Å². The van der Waals surface area contributed by atoms with E-state index in [4.69, 9.17) is 7.53 Å². The Kier molecular flexibility index (Phi) is 2.69. The van der Waals surface area contributed by atoms with Crippen molar-refractivity contribution in [2.24, 2.45) is 4.99 Å². The molecule has 0 atom stereocenters. The van der Waals surface area contributed by atoms with Crippen LogP contribution in [0.4, 0.5) is 0 Å². The summed E-state index contributed by atoms with van der Waals surface area (Å²) in [4.78, 5) is 3.80. The topological polar surface area (TPSA) is 30.8 Å². The van der Waals surface area contributed by atoms with Gasteiger partial charge in [-0.15, -0.1) is 0 Å². The van der Waals surface area contributed by atoms with Crippen LogP contribution in [-0.2, 0) is 7.53 Å². The summed E-state index contributed by atoms with van der Waals surface area (Å²) >= 11 is -0.622. The van der Waals surface area contributed by atoms with Crippen LogP contribution in [0.1, 0.15) is 0 Å². The van der Waals surface area contributed by atoms with E-state index < -0.39 is 16.1 Å². The summed E-state index contributed by atoms with van der Waals surface area (Å²) in [6.45, 7) is 0.588. The molecule has 4 heteroatoms. The van der Waals surface area contributed by atoms with Crippen molar-refractivity contribution in [3.05, 3.63) is 12.5 Å². The van der Waals surface area contributed by atoms with Crippen LogP contribution in [0.5, 0.6) is 0 Å². The van der Waals surface area contributed by atoms with Gasteiger partial charge in [-0.2, -0.15) is 0 Å². The zero-order valence-electron chi connectivity index (χ0n) is 4.20. The van der Waals surface area contributed by atoms with Crippen molar-refractivity contribution in [2.75, 3.05) is 6.61 Å². The average molecular weight is 172 g/mol. The molecule has 2 radical (unpaired) electrons. The molecule has 1 heterocycles. The van der Waals surface area contributed by atoms with Gasteiger partial charge in [0.15, 0.2) is 0 Å². The van der Waals surface area contributed by atoms with E-state index in [0.29, 0.717) is 6.61 Å². The Morgan fingerprint density at radius 1 is 1.62 bits per heavy atom. The summed E-state index contributed by atoms with van der Waals surface area (Å²) in [5.74, 6) is 0. The fraction of sp³-hybridized carbons (Fsp3) is 0.250. The molecular weight excluding hydrogens is 167 g/mol. The first-order chi connectivity index (χ1) is 4.00. The quantitative estimate of drug-likeness (QED) is 0.485. The fourth-order valence-corrected chi connectivity index (χ4v) is 0.989. The van der Waals surface area contributed by atoms with Gasteiger partial charge in [-0.3, -0.25) is 0 Å². The number of aliphatic imine (C=N–C) groups is 1. The first-order valence-corrected chi connectivity index (χ1v) is 3.90. The van der Waals surface area contributed by atoms with Gasteiger partial charge < -0.3 is 0 Å². The Morgan fingerprint density at radius 3 is 3.62 bits per heavy atom. The molecule has 0 unspecified atom stereocenters. The zero-order valence-corrected chi connectivity index (χ0v) is 6.30. The van der Waals surface area contributed by atoms with Crippen LogP contribution in [0.25, 0.3) is 0 Å². The number of hydrogen-bond acceptors (Lipinski definition) is 3. The number of hydrogen-bond donors (Lipinski definition) is 0. The second-order valence-electron chi connectivity index (χ2n) is 1.13. The van der Waals surface area contributed by atoms with Crippen molar-refractivity contribution in [3.63, 3.8) is 0 Å². The second kappa shape index (κ2) is 3.68. The summed E-state index contributed by atoms with van der Waals surface area (Å²) in [6.07, 6.45) is 4.88. The number of rotatable bonds is 0. The van der Waals surface area contributed by atoms with E-state index in [9.17, 15) is 0 Å². The average Bonchev–Trinajstić information content (AvgIpc) is 1.62. The molecule has 0 aromatic heterocycles. The molecular formula is C4H5GeNO2. The van der Waals surface area contributed by atoms with Crippen LogP contribution in [0.3, 0.4) is 0 Å². The summed E-state index contributed by atoms with van der Waals surface area (Å²) < 4.78 is 9.86. The molecule has 0 aliphatic carbocycles. The molecule has 0 saturated carbocycles. The molecule has 8 heavy (non-hydrogen) atoms. The minimum atomic E-state index is -0.622. The van der Waals surface area contributed by atoms with Gasteiger partial charge in [-0.1, -0.05) is 0 Å². The van der Waals surface area contributed by atoms with Crippen LogP contribution in [0.2, 0.25) is 0 Å². The maximum atomic E-state index is 4.98. The van der Waals surface area contributed by atoms with Crippen molar-refractivity contribution < 1.29 is 7.53 Å². The zero-order chi connectivity index (χ0) is 5.66. The second-order valence-corrected chi connectivity index (χ2v) is 2.58. The van der Waals surface area contributed by atoms with Crippen molar-refractivity contribution in [3.8, 4) is 0 Å². The first-order valence-electron chi connectivity index (χ1n) is 2.19. The minimum absolute atomic E-state index is 0.588. The molecule has 3 nitrogen and oxygen atoms in total. The SMILES string of the molecule is C1=N/C=C\[O][Ge][O]C1. The molecule has 42 valence electrons. The molecule has 0 spiro atoms. The van der Waals surface area contributed by atoms with E-state index in [1.54, 1.807) is 18.7 Å². The molecule has 0 aromatic rings. The summed E-state index contributed by atoms with van der Waals surface area (Å²) in [5, 5.41) is 0. The van der Waals surface area contributed by atoms with E-state index in [0.717, 1.165) is 0 Å². The standard InChI is InChI=1S/C4H5GeNO2/c1-3-7-5-8-4-2-6-1/h1-3H,4H2/b3-1-,6-2?. The molecule has 0 amide bonds. The molecule has 0 fully saturated rings. The van der Waals surface area contributed by atoms with Gasteiger partial charge in [0, 0.05) is 0 Å². The van der Waals surface area contributed by atoms with Crippen molar-refractivity contribution in [2.45, 2.75) is 0 Å². The molecule has 0 bridgehead atoms. The normalized spacial score (nSPS) is 23.0. The van der Waals surface area contributed by atoms with Gasteiger partial charge >= 0.3 is 53.9 Å². The van der Waals surface area contributed by atoms with E-state index in [-0.39, 0.29) is 0 Å². The Hall–Kier alpha value is -0.287. The molecule has 0 N–H and O–H groups in total. The maximum absolute atomic E-state index is 4.98. The predicted molar refractivity (Wildman–Crippen MR) is 30.4 cm³/mol. The Morgan fingerprint density at radius 2 is 2.62 bits per heavy atom. The summed E-state index contributed by atoms with van der Waals surface area (Å²) in [5.41, 5.74) is 0. The van der Waals surface area contributed by atoms with E-state index >= 15 is 0 Å². The Labute approximate surface area is 54.5 Å². The molecule has 1 aliphatic heterocycles. The van der Waals surface area contributed by atoms with E-state index in [1.165, 1.54) is 0 Å². The van der Waals surface area contributed by atoms with Crippen molar-refractivity contribution in [1.82, 2.24) is 0 Å². The predicted octanol–water partition coefficient (Wildman–Crippen LogP) is 0.109. The summed E-state index contributed by atoms with van der Waals surface area (Å²) in [7, 11) is 0. The van der Waals surface area contributed by atoms with Crippen molar-refractivity contribution >= 4 is 22.3 Å².